The second-order valence-corrected chi connectivity index (χ2v) is 9.84. The fraction of sp³-hybridized carbons (Fsp3) is 0.500. The summed E-state index contributed by atoms with van der Waals surface area (Å²) in [6.45, 7) is 8.62. The Morgan fingerprint density at radius 2 is 1.81 bits per heavy atom. The Morgan fingerprint density at radius 1 is 1.06 bits per heavy atom. The molecule has 1 N–H and O–H groups in total. The Balaban J connectivity index is 1.25. The van der Waals surface area contributed by atoms with Gasteiger partial charge in [0.25, 0.3) is 0 Å². The first kappa shape index (κ1) is 21.7. The van der Waals surface area contributed by atoms with Crippen LogP contribution in [0.25, 0.3) is 10.9 Å². The summed E-state index contributed by atoms with van der Waals surface area (Å²) in [5.74, 6) is 0.731. The molecular formula is C28H37N3O. The van der Waals surface area contributed by atoms with E-state index < -0.39 is 0 Å². The maximum absolute atomic E-state index is 5.46. The molecule has 170 valence electrons. The molecule has 0 bridgehead atoms. The number of piperidine rings is 1. The molecule has 4 heteroatoms. The number of aromatic amines is 1. The van der Waals surface area contributed by atoms with Crippen LogP contribution in [0.4, 0.5) is 0 Å². The first-order chi connectivity index (χ1) is 15.7. The Labute approximate surface area is 192 Å². The highest BCUT2D eigenvalue weighted by Crippen LogP contribution is 2.29. The summed E-state index contributed by atoms with van der Waals surface area (Å²) in [5, 5.41) is 1.35. The number of para-hydroxylation sites is 1. The highest BCUT2D eigenvalue weighted by atomic mass is 16.5. The lowest BCUT2D eigenvalue weighted by Crippen LogP contribution is -2.46. The molecule has 0 amide bonds. The lowest BCUT2D eigenvalue weighted by atomic mass is 9.95. The number of nitrogens with one attached hydrogen (secondary N) is 1. The number of ether oxygens (including phenoxy) is 1. The number of nitrogens with zero attached hydrogens (tertiary/aromatic N) is 2. The zero-order valence-electron chi connectivity index (χ0n) is 19.6. The fourth-order valence-electron chi connectivity index (χ4n) is 5.91. The predicted octanol–water partition coefficient (Wildman–Crippen LogP) is 4.80. The Morgan fingerprint density at radius 3 is 2.56 bits per heavy atom. The second-order valence-electron chi connectivity index (χ2n) is 9.84. The van der Waals surface area contributed by atoms with Crippen LogP contribution in [0.2, 0.25) is 0 Å². The third-order valence-electron chi connectivity index (χ3n) is 7.68. The van der Waals surface area contributed by atoms with Crippen molar-refractivity contribution in [3.05, 3.63) is 70.9 Å². The molecule has 4 nitrogen and oxygen atoms in total. The van der Waals surface area contributed by atoms with Gasteiger partial charge in [-0.25, -0.2) is 0 Å². The summed E-state index contributed by atoms with van der Waals surface area (Å²) >= 11 is 0. The van der Waals surface area contributed by atoms with Gasteiger partial charge in [-0.2, -0.15) is 0 Å². The number of H-pyrrole nitrogens is 1. The monoisotopic (exact) mass is 431 g/mol. The Hall–Kier alpha value is -2.14. The van der Waals surface area contributed by atoms with Gasteiger partial charge in [-0.1, -0.05) is 42.5 Å². The van der Waals surface area contributed by atoms with Crippen molar-refractivity contribution < 1.29 is 4.74 Å². The average molecular weight is 432 g/mol. The van der Waals surface area contributed by atoms with Crippen molar-refractivity contribution in [1.29, 1.82) is 0 Å². The van der Waals surface area contributed by atoms with Gasteiger partial charge in [-0.05, 0) is 67.8 Å². The van der Waals surface area contributed by atoms with Crippen molar-refractivity contribution in [2.45, 2.75) is 45.2 Å². The van der Waals surface area contributed by atoms with Crippen molar-refractivity contribution >= 4 is 10.9 Å². The van der Waals surface area contributed by atoms with E-state index in [1.165, 1.54) is 60.9 Å². The minimum atomic E-state index is 0.693. The number of hydrogen-bond acceptors (Lipinski definition) is 3. The summed E-state index contributed by atoms with van der Waals surface area (Å²) in [7, 11) is 1.81. The van der Waals surface area contributed by atoms with E-state index in [1.807, 2.05) is 7.11 Å². The van der Waals surface area contributed by atoms with Crippen LogP contribution in [-0.2, 0) is 24.1 Å². The molecule has 1 saturated heterocycles. The van der Waals surface area contributed by atoms with Crippen LogP contribution >= 0.6 is 0 Å². The molecule has 1 aromatic heterocycles. The molecule has 0 saturated carbocycles. The van der Waals surface area contributed by atoms with Crippen molar-refractivity contribution in [3.63, 3.8) is 0 Å². The number of likely N-dealkylation sites (tertiary alicyclic amines) is 1. The minimum Gasteiger partial charge on any atom is -0.383 e. The van der Waals surface area contributed by atoms with Crippen LogP contribution < -0.4 is 0 Å². The quantitative estimate of drug-likeness (QED) is 0.556. The molecular weight excluding hydrogens is 394 g/mol. The number of fused-ring (bicyclic) bond motifs is 2. The summed E-state index contributed by atoms with van der Waals surface area (Å²) < 4.78 is 5.46. The maximum atomic E-state index is 5.46. The molecule has 32 heavy (non-hydrogen) atoms. The third kappa shape index (κ3) is 4.63. The van der Waals surface area contributed by atoms with Gasteiger partial charge in [0, 0.05) is 55.9 Å². The van der Waals surface area contributed by atoms with Gasteiger partial charge in [-0.3, -0.25) is 9.80 Å². The van der Waals surface area contributed by atoms with Gasteiger partial charge in [0.15, 0.2) is 0 Å². The molecule has 2 aliphatic rings. The van der Waals surface area contributed by atoms with E-state index in [0.29, 0.717) is 6.04 Å². The van der Waals surface area contributed by atoms with Crippen LogP contribution in [0.15, 0.2) is 48.5 Å². The summed E-state index contributed by atoms with van der Waals surface area (Å²) in [4.78, 5) is 9.08. The zero-order valence-corrected chi connectivity index (χ0v) is 19.6. The van der Waals surface area contributed by atoms with Crippen molar-refractivity contribution in [3.8, 4) is 0 Å². The molecule has 1 fully saturated rings. The highest BCUT2D eigenvalue weighted by molar-refractivity contribution is 5.84. The molecule has 0 radical (unpaired) electrons. The van der Waals surface area contributed by atoms with Crippen molar-refractivity contribution in [2.75, 3.05) is 39.9 Å². The topological polar surface area (TPSA) is 31.5 Å². The first-order valence-electron chi connectivity index (χ1n) is 12.3. The first-order valence-corrected chi connectivity index (χ1v) is 12.3. The largest absolute Gasteiger partial charge is 0.383 e. The number of hydrogen-bond donors (Lipinski definition) is 1. The normalized spacial score (nSPS) is 19.8. The third-order valence-corrected chi connectivity index (χ3v) is 7.68. The van der Waals surface area contributed by atoms with Gasteiger partial charge in [-0.15, -0.1) is 0 Å². The number of benzene rings is 2. The van der Waals surface area contributed by atoms with E-state index >= 15 is 0 Å². The molecule has 2 aromatic carbocycles. The molecule has 1 aliphatic heterocycles. The minimum absolute atomic E-state index is 0.693. The van der Waals surface area contributed by atoms with Crippen molar-refractivity contribution in [1.82, 2.24) is 14.8 Å². The lowest BCUT2D eigenvalue weighted by molar-refractivity contribution is 0.0839. The van der Waals surface area contributed by atoms with Crippen LogP contribution in [0.1, 0.15) is 35.2 Å². The fourth-order valence-corrected chi connectivity index (χ4v) is 5.91. The second kappa shape index (κ2) is 9.78. The maximum Gasteiger partial charge on any atom is 0.0589 e. The van der Waals surface area contributed by atoms with Crippen molar-refractivity contribution in [2.24, 2.45) is 5.92 Å². The average Bonchev–Trinajstić information content (AvgIpc) is 3.39. The number of rotatable bonds is 8. The molecule has 0 unspecified atom stereocenters. The lowest BCUT2D eigenvalue weighted by Gasteiger charge is -2.38. The zero-order chi connectivity index (χ0) is 21.9. The van der Waals surface area contributed by atoms with E-state index in [4.69, 9.17) is 4.74 Å². The standard InChI is InChI=1S/C28H37N3O/c1-21-26-11-5-6-12-27(26)29-28(21)20-30(14-15-32-2)18-22-8-7-13-31(19-22)25-16-23-9-3-4-10-24(23)17-25/h3-6,9-12,22,25,29H,7-8,13-20H2,1-2H3/t22-/m0/s1. The summed E-state index contributed by atoms with van der Waals surface area (Å²) in [6, 6.07) is 18.4. The predicted molar refractivity (Wildman–Crippen MR) is 132 cm³/mol. The van der Waals surface area contributed by atoms with E-state index in [9.17, 15) is 0 Å². The van der Waals surface area contributed by atoms with Gasteiger partial charge in [0.2, 0.25) is 0 Å². The van der Waals surface area contributed by atoms with Gasteiger partial charge >= 0.3 is 0 Å². The highest BCUT2D eigenvalue weighted by Gasteiger charge is 2.31. The van der Waals surface area contributed by atoms with Crippen LogP contribution in [0.3, 0.4) is 0 Å². The Bertz CT molecular complexity index is 1020. The van der Waals surface area contributed by atoms with Crippen LogP contribution in [-0.4, -0.2) is 60.7 Å². The van der Waals surface area contributed by atoms with Gasteiger partial charge in [0.05, 0.1) is 6.61 Å². The summed E-state index contributed by atoms with van der Waals surface area (Å²) in [5.41, 5.74) is 7.11. The molecule has 1 atom stereocenters. The Kier molecular flexibility index (Phi) is 6.63. The smallest absolute Gasteiger partial charge is 0.0589 e. The van der Waals surface area contributed by atoms with E-state index in [0.717, 1.165) is 32.2 Å². The molecule has 2 heterocycles. The number of aryl methyl sites for hydroxylation is 1. The number of methoxy groups -OCH3 is 1. The van der Waals surface area contributed by atoms with Gasteiger partial charge in [0.1, 0.15) is 0 Å². The molecule has 3 aromatic rings. The van der Waals surface area contributed by atoms with E-state index in [-0.39, 0.29) is 0 Å². The van der Waals surface area contributed by atoms with E-state index in [1.54, 1.807) is 11.1 Å². The van der Waals surface area contributed by atoms with Crippen LogP contribution in [0, 0.1) is 12.8 Å². The van der Waals surface area contributed by atoms with E-state index in [2.05, 4.69) is 70.2 Å². The molecule has 5 rings (SSSR count). The molecule has 1 aliphatic carbocycles. The SMILES string of the molecule is COCCN(Cc1[nH]c2ccccc2c1C)C[C@@H]1CCCN(C2Cc3ccccc3C2)C1. The van der Waals surface area contributed by atoms with Gasteiger partial charge < -0.3 is 9.72 Å². The summed E-state index contributed by atoms with van der Waals surface area (Å²) in [6.07, 6.45) is 5.11. The number of aromatic nitrogens is 1. The molecule has 0 spiro atoms. The van der Waals surface area contributed by atoms with Crippen LogP contribution in [0.5, 0.6) is 0 Å².